The summed E-state index contributed by atoms with van der Waals surface area (Å²) < 4.78 is 17.7. The van der Waals surface area contributed by atoms with Gasteiger partial charge in [0.2, 0.25) is 0 Å². The van der Waals surface area contributed by atoms with Crippen molar-refractivity contribution in [3.05, 3.63) is 35.8 Å². The second kappa shape index (κ2) is 7.07. The molecule has 2 aliphatic heterocycles. The predicted octanol–water partition coefficient (Wildman–Crippen LogP) is 2.61. The number of carbonyl (C=O) groups is 2. The number of hydrogen-bond acceptors (Lipinski definition) is 6. The van der Waals surface area contributed by atoms with E-state index in [1.54, 1.807) is 14.0 Å². The van der Waals surface area contributed by atoms with Gasteiger partial charge in [-0.05, 0) is 51.4 Å². The number of nitrogens with zero attached hydrogens (tertiary/aromatic N) is 1. The summed E-state index contributed by atoms with van der Waals surface area (Å²) in [6, 6.07) is 0.233. The van der Waals surface area contributed by atoms with E-state index in [2.05, 4.69) is 24.1 Å². The number of methoxy groups -OCH3 is 1. The normalized spacial score (nSPS) is 39.4. The fraction of sp³-hybridized carbons (Fsp3) is 0.636. The summed E-state index contributed by atoms with van der Waals surface area (Å²) in [4.78, 5) is 27.3. The average molecular weight is 387 g/mol. The van der Waals surface area contributed by atoms with E-state index in [9.17, 15) is 9.59 Å². The highest BCUT2D eigenvalue weighted by Gasteiger charge is 2.60. The van der Waals surface area contributed by atoms with Crippen LogP contribution in [0, 0.1) is 17.3 Å². The molecule has 2 saturated heterocycles. The van der Waals surface area contributed by atoms with Crippen LogP contribution in [0.25, 0.3) is 0 Å². The smallest absolute Gasteiger partial charge is 0.303 e. The summed E-state index contributed by atoms with van der Waals surface area (Å²) in [5, 5.41) is 0. The quantitative estimate of drug-likeness (QED) is 0.548. The molecule has 0 aromatic carbocycles. The van der Waals surface area contributed by atoms with Gasteiger partial charge < -0.3 is 19.1 Å². The van der Waals surface area contributed by atoms with Crippen LogP contribution in [0.4, 0.5) is 0 Å². The van der Waals surface area contributed by atoms with Gasteiger partial charge in [-0.3, -0.25) is 9.59 Å². The summed E-state index contributed by atoms with van der Waals surface area (Å²) >= 11 is 0. The van der Waals surface area contributed by atoms with E-state index in [0.717, 1.165) is 25.1 Å². The van der Waals surface area contributed by atoms with Crippen LogP contribution >= 0.6 is 0 Å². The van der Waals surface area contributed by atoms with E-state index in [1.807, 2.05) is 12.2 Å². The molecule has 2 fully saturated rings. The molecule has 28 heavy (non-hydrogen) atoms. The first kappa shape index (κ1) is 19.2. The number of esters is 1. The summed E-state index contributed by atoms with van der Waals surface area (Å²) in [7, 11) is 3.77. The third-order valence-corrected chi connectivity index (χ3v) is 7.00. The fourth-order valence-corrected chi connectivity index (χ4v) is 5.61. The molecule has 2 aliphatic carbocycles. The van der Waals surface area contributed by atoms with Crippen LogP contribution < -0.4 is 0 Å². The lowest BCUT2D eigenvalue weighted by atomic mass is 9.57. The number of hydrogen-bond donors (Lipinski definition) is 0. The zero-order chi connectivity index (χ0) is 20.1. The van der Waals surface area contributed by atoms with Crippen LogP contribution in [-0.2, 0) is 23.8 Å². The Kier molecular flexibility index (Phi) is 4.86. The van der Waals surface area contributed by atoms with Gasteiger partial charge in [0.25, 0.3) is 0 Å². The average Bonchev–Trinajstić information content (AvgIpc) is 2.66. The van der Waals surface area contributed by atoms with Gasteiger partial charge in [0.15, 0.2) is 18.0 Å². The molecule has 0 spiro atoms. The molecular weight excluding hydrogens is 358 g/mol. The number of fused-ring (bicyclic) bond motifs is 2. The molecule has 0 saturated carbocycles. The van der Waals surface area contributed by atoms with Gasteiger partial charge in [-0.2, -0.15) is 0 Å². The number of ether oxygens (including phenoxy) is 3. The van der Waals surface area contributed by atoms with Crippen LogP contribution in [0.3, 0.4) is 0 Å². The van der Waals surface area contributed by atoms with Crippen molar-refractivity contribution in [2.75, 3.05) is 20.7 Å². The zero-order valence-corrected chi connectivity index (χ0v) is 17.0. The Labute approximate surface area is 166 Å². The van der Waals surface area contributed by atoms with E-state index in [0.29, 0.717) is 18.1 Å². The van der Waals surface area contributed by atoms with Crippen molar-refractivity contribution in [1.82, 2.24) is 4.90 Å². The van der Waals surface area contributed by atoms with Gasteiger partial charge in [0, 0.05) is 25.3 Å². The molecule has 6 bridgehead atoms. The summed E-state index contributed by atoms with van der Waals surface area (Å²) in [5.74, 6) is 1.52. The van der Waals surface area contributed by atoms with Gasteiger partial charge in [0.1, 0.15) is 11.5 Å². The molecule has 4 aliphatic rings. The van der Waals surface area contributed by atoms with Gasteiger partial charge in [0.05, 0.1) is 12.5 Å². The highest BCUT2D eigenvalue weighted by Crippen LogP contribution is 2.53. The maximum absolute atomic E-state index is 13.2. The number of ketones is 1. The molecule has 0 aromatic heterocycles. The largest absolute Gasteiger partial charge is 0.493 e. The molecule has 0 amide bonds. The van der Waals surface area contributed by atoms with Gasteiger partial charge in [-0.1, -0.05) is 12.2 Å². The molecule has 6 atom stereocenters. The molecule has 6 nitrogen and oxygen atoms in total. The van der Waals surface area contributed by atoms with Crippen LogP contribution in [0.15, 0.2) is 35.8 Å². The van der Waals surface area contributed by atoms with E-state index in [1.165, 1.54) is 6.92 Å². The van der Waals surface area contributed by atoms with Crippen molar-refractivity contribution in [3.63, 3.8) is 0 Å². The first-order chi connectivity index (χ1) is 13.4. The second-order valence-electron chi connectivity index (χ2n) is 8.47. The van der Waals surface area contributed by atoms with Crippen LogP contribution in [0.5, 0.6) is 0 Å². The van der Waals surface area contributed by atoms with Crippen molar-refractivity contribution < 1.29 is 23.8 Å². The zero-order valence-electron chi connectivity index (χ0n) is 17.0. The van der Waals surface area contributed by atoms with Crippen LogP contribution in [0.2, 0.25) is 0 Å². The molecule has 152 valence electrons. The SMILES string of the molecule is COC1=C2CC(C=C1)C[C@@H]1[C@@H]3C=C[C@H](OC(C)=O)[C@H](O2)[C@]3(C(C)=O)CCN1C. The Balaban J connectivity index is 1.89. The lowest BCUT2D eigenvalue weighted by Gasteiger charge is -2.55. The lowest BCUT2D eigenvalue weighted by molar-refractivity contribution is -0.174. The number of Topliss-reactive ketones (excluding diaryl/α,β-unsaturated/α-hetero) is 1. The van der Waals surface area contributed by atoms with Crippen LogP contribution in [-0.4, -0.2) is 55.6 Å². The summed E-state index contributed by atoms with van der Waals surface area (Å²) in [6.45, 7) is 3.86. The number of allylic oxidation sites excluding steroid dienone is 3. The summed E-state index contributed by atoms with van der Waals surface area (Å²) in [5.41, 5.74) is -0.713. The Morgan fingerprint density at radius 2 is 2.04 bits per heavy atom. The molecular formula is C22H29NO5. The second-order valence-corrected chi connectivity index (χ2v) is 8.47. The number of carbonyl (C=O) groups excluding carboxylic acids is 2. The van der Waals surface area contributed by atoms with E-state index < -0.39 is 17.6 Å². The van der Waals surface area contributed by atoms with Crippen molar-refractivity contribution in [1.29, 1.82) is 0 Å². The van der Waals surface area contributed by atoms with Gasteiger partial charge in [-0.25, -0.2) is 0 Å². The fourth-order valence-electron chi connectivity index (χ4n) is 5.61. The molecule has 1 unspecified atom stereocenters. The standard InChI is InChI=1S/C22H29NO5/c1-13(24)22-9-10-23(3)17-11-15-5-7-18(26-4)20(12-15)28-21(22)19(27-14(2)25)8-6-16(17)22/h5-8,15-17,19,21H,9-12H2,1-4H3/t15?,16-,17+,19-,21-,22-/m0/s1. The van der Waals surface area contributed by atoms with E-state index >= 15 is 0 Å². The lowest BCUT2D eigenvalue weighted by Crippen LogP contribution is -2.64. The topological polar surface area (TPSA) is 65.1 Å². The molecule has 0 N–H and O–H groups in total. The Morgan fingerprint density at radius 3 is 2.71 bits per heavy atom. The first-order valence-corrected chi connectivity index (χ1v) is 10.1. The highest BCUT2D eigenvalue weighted by atomic mass is 16.6. The molecule has 0 radical (unpaired) electrons. The minimum absolute atomic E-state index is 0.0277. The minimum Gasteiger partial charge on any atom is -0.493 e. The molecule has 0 aromatic rings. The third kappa shape index (κ3) is 2.89. The first-order valence-electron chi connectivity index (χ1n) is 10.1. The van der Waals surface area contributed by atoms with Crippen LogP contribution in [0.1, 0.15) is 33.1 Å². The van der Waals surface area contributed by atoms with Crippen molar-refractivity contribution in [3.8, 4) is 0 Å². The van der Waals surface area contributed by atoms with Gasteiger partial charge in [-0.15, -0.1) is 0 Å². The minimum atomic E-state index is -0.713. The third-order valence-electron chi connectivity index (χ3n) is 7.00. The molecule has 4 rings (SSSR count). The van der Waals surface area contributed by atoms with Crippen molar-refractivity contribution in [2.45, 2.75) is 51.4 Å². The van der Waals surface area contributed by atoms with E-state index in [-0.39, 0.29) is 23.7 Å². The van der Waals surface area contributed by atoms with Crippen molar-refractivity contribution in [2.24, 2.45) is 17.3 Å². The Morgan fingerprint density at radius 1 is 1.25 bits per heavy atom. The number of piperidine rings is 1. The van der Waals surface area contributed by atoms with Gasteiger partial charge >= 0.3 is 5.97 Å². The Bertz CT molecular complexity index is 769. The maximum Gasteiger partial charge on any atom is 0.303 e. The van der Waals surface area contributed by atoms with Crippen molar-refractivity contribution >= 4 is 11.8 Å². The Hall–Kier alpha value is -2.08. The number of likely N-dealkylation sites (tertiary alicyclic amines) is 1. The molecule has 2 heterocycles. The predicted molar refractivity (Wildman–Crippen MR) is 103 cm³/mol. The maximum atomic E-state index is 13.2. The van der Waals surface area contributed by atoms with E-state index in [4.69, 9.17) is 14.2 Å². The number of rotatable bonds is 3. The highest BCUT2D eigenvalue weighted by molar-refractivity contribution is 5.85. The monoisotopic (exact) mass is 387 g/mol. The molecule has 6 heteroatoms. The summed E-state index contributed by atoms with van der Waals surface area (Å²) in [6.07, 6.45) is 9.39.